The van der Waals surface area contributed by atoms with Crippen LogP contribution in [0, 0.1) is 0 Å². The van der Waals surface area contributed by atoms with Crippen molar-refractivity contribution in [1.29, 1.82) is 0 Å². The first-order valence-corrected chi connectivity index (χ1v) is 11.3. The molecule has 3 aromatic rings. The molecule has 1 N–H and O–H groups in total. The molecule has 146 valence electrons. The number of hydrogen-bond donors (Lipinski definition) is 1. The minimum atomic E-state index is -3.87. The van der Waals surface area contributed by atoms with Gasteiger partial charge in [-0.2, -0.15) is 16.5 Å². The van der Waals surface area contributed by atoms with E-state index in [1.807, 2.05) is 54.6 Å². The summed E-state index contributed by atoms with van der Waals surface area (Å²) in [7, 11) is -2.61. The van der Waals surface area contributed by atoms with Gasteiger partial charge in [-0.05, 0) is 28.5 Å². The Morgan fingerprint density at radius 1 is 1.00 bits per heavy atom. The zero-order valence-electron chi connectivity index (χ0n) is 15.4. The van der Waals surface area contributed by atoms with Gasteiger partial charge in [0.2, 0.25) is 10.0 Å². The first-order chi connectivity index (χ1) is 13.5. The molecule has 0 heterocycles. The predicted octanol–water partition coefficient (Wildman–Crippen LogP) is 3.59. The Morgan fingerprint density at radius 3 is 2.39 bits per heavy atom. The van der Waals surface area contributed by atoms with Crippen molar-refractivity contribution in [1.82, 2.24) is 4.72 Å². The molecule has 3 aromatic carbocycles. The van der Waals surface area contributed by atoms with Crippen LogP contribution in [0.1, 0.15) is 5.56 Å². The summed E-state index contributed by atoms with van der Waals surface area (Å²) in [5.74, 6) is 0.338. The number of nitrogens with one attached hydrogen (secondary N) is 1. The summed E-state index contributed by atoms with van der Waals surface area (Å²) in [4.78, 5) is 12.2. The molecule has 0 bridgehead atoms. The molecule has 1 atom stereocenters. The van der Waals surface area contributed by atoms with Crippen LogP contribution in [0.4, 0.5) is 0 Å². The molecule has 7 heteroatoms. The van der Waals surface area contributed by atoms with Crippen LogP contribution in [0.3, 0.4) is 0 Å². The van der Waals surface area contributed by atoms with E-state index in [4.69, 9.17) is 4.74 Å². The Labute approximate surface area is 169 Å². The Balaban J connectivity index is 1.73. The van der Waals surface area contributed by atoms with E-state index in [2.05, 4.69) is 4.72 Å². The summed E-state index contributed by atoms with van der Waals surface area (Å²) in [6, 6.07) is 21.2. The Morgan fingerprint density at radius 2 is 1.68 bits per heavy atom. The molecule has 0 saturated carbocycles. The van der Waals surface area contributed by atoms with Crippen LogP contribution >= 0.6 is 11.8 Å². The van der Waals surface area contributed by atoms with Crippen molar-refractivity contribution in [2.75, 3.05) is 12.9 Å². The van der Waals surface area contributed by atoms with E-state index in [0.717, 1.165) is 16.3 Å². The number of thioether (sulfide) groups is 1. The van der Waals surface area contributed by atoms with Gasteiger partial charge in [-0.1, -0.05) is 60.7 Å². The second-order valence-corrected chi connectivity index (χ2v) is 8.95. The molecule has 0 aromatic heterocycles. The number of benzene rings is 3. The van der Waals surface area contributed by atoms with Gasteiger partial charge in [-0.25, -0.2) is 8.42 Å². The van der Waals surface area contributed by atoms with Crippen LogP contribution in [-0.2, 0) is 25.3 Å². The average Bonchev–Trinajstić information content (AvgIpc) is 2.72. The zero-order valence-corrected chi connectivity index (χ0v) is 17.0. The summed E-state index contributed by atoms with van der Waals surface area (Å²) < 4.78 is 32.9. The van der Waals surface area contributed by atoms with Crippen LogP contribution in [-0.4, -0.2) is 33.3 Å². The lowest BCUT2D eigenvalue weighted by atomic mass is 10.1. The van der Waals surface area contributed by atoms with E-state index >= 15 is 0 Å². The van der Waals surface area contributed by atoms with E-state index in [9.17, 15) is 13.2 Å². The first kappa shape index (κ1) is 20.4. The van der Waals surface area contributed by atoms with Gasteiger partial charge in [0.05, 0.1) is 12.0 Å². The number of esters is 1. The molecular formula is C21H21NO4S2. The minimum Gasteiger partial charge on any atom is -0.468 e. The van der Waals surface area contributed by atoms with Crippen molar-refractivity contribution < 1.29 is 17.9 Å². The summed E-state index contributed by atoms with van der Waals surface area (Å²) >= 11 is 1.47. The maximum atomic E-state index is 12.8. The number of carbonyl (C=O) groups is 1. The van der Waals surface area contributed by atoms with Gasteiger partial charge in [0.1, 0.15) is 6.04 Å². The van der Waals surface area contributed by atoms with E-state index in [1.165, 1.54) is 24.9 Å². The van der Waals surface area contributed by atoms with E-state index in [-0.39, 0.29) is 10.6 Å². The second kappa shape index (κ2) is 9.23. The number of fused-ring (bicyclic) bond motifs is 1. The molecule has 0 fully saturated rings. The quantitative estimate of drug-likeness (QED) is 0.569. The third-order valence-electron chi connectivity index (χ3n) is 4.21. The average molecular weight is 416 g/mol. The fourth-order valence-corrected chi connectivity index (χ4v) is 5.08. The van der Waals surface area contributed by atoms with Crippen LogP contribution in [0.5, 0.6) is 0 Å². The maximum absolute atomic E-state index is 12.8. The molecular weight excluding hydrogens is 394 g/mol. The highest BCUT2D eigenvalue weighted by atomic mass is 32.2. The number of hydrogen-bond acceptors (Lipinski definition) is 5. The number of rotatable bonds is 8. The predicted molar refractivity (Wildman–Crippen MR) is 113 cm³/mol. The molecule has 3 rings (SSSR count). The van der Waals surface area contributed by atoms with E-state index in [0.29, 0.717) is 5.75 Å². The van der Waals surface area contributed by atoms with Gasteiger partial charge < -0.3 is 4.74 Å². The summed E-state index contributed by atoms with van der Waals surface area (Å²) in [5, 5.41) is 1.77. The van der Waals surface area contributed by atoms with Crippen molar-refractivity contribution in [2.45, 2.75) is 16.7 Å². The van der Waals surface area contributed by atoms with Gasteiger partial charge in [0.25, 0.3) is 0 Å². The van der Waals surface area contributed by atoms with Crippen molar-refractivity contribution in [3.8, 4) is 0 Å². The molecule has 0 aliphatic carbocycles. The fourth-order valence-electron chi connectivity index (χ4n) is 2.75. The molecule has 0 radical (unpaired) electrons. The second-order valence-electron chi connectivity index (χ2n) is 6.21. The van der Waals surface area contributed by atoms with E-state index < -0.39 is 22.0 Å². The molecule has 5 nitrogen and oxygen atoms in total. The highest BCUT2D eigenvalue weighted by Crippen LogP contribution is 2.20. The lowest BCUT2D eigenvalue weighted by molar-refractivity contribution is -0.141. The number of methoxy groups -OCH3 is 1. The Kier molecular flexibility index (Phi) is 6.72. The number of ether oxygens (including phenoxy) is 1. The monoisotopic (exact) mass is 415 g/mol. The third kappa shape index (κ3) is 5.13. The van der Waals surface area contributed by atoms with Crippen molar-refractivity contribution in [3.05, 3.63) is 78.4 Å². The summed E-state index contributed by atoms with van der Waals surface area (Å²) in [6.45, 7) is 0. The maximum Gasteiger partial charge on any atom is 0.324 e. The highest BCUT2D eigenvalue weighted by molar-refractivity contribution is 7.98. The SMILES string of the molecule is COC(=O)C(CSCc1ccccc1)NS(=O)(=O)c1ccc2ccccc2c1. The van der Waals surface area contributed by atoms with Crippen LogP contribution in [0.25, 0.3) is 10.8 Å². The van der Waals surface area contributed by atoms with Crippen molar-refractivity contribution >= 4 is 38.5 Å². The topological polar surface area (TPSA) is 72.5 Å². The largest absolute Gasteiger partial charge is 0.468 e. The molecule has 0 amide bonds. The van der Waals surface area contributed by atoms with Crippen molar-refractivity contribution in [3.63, 3.8) is 0 Å². The molecule has 0 spiro atoms. The molecule has 28 heavy (non-hydrogen) atoms. The standard InChI is InChI=1S/C21H21NO4S2/c1-26-21(23)20(15-27-14-16-7-3-2-4-8-16)22-28(24,25)19-12-11-17-9-5-6-10-18(17)13-19/h2-13,20,22H,14-15H2,1H3. The van der Waals surface area contributed by atoms with Gasteiger partial charge in [-0.15, -0.1) is 0 Å². The molecule has 0 aliphatic rings. The lowest BCUT2D eigenvalue weighted by Gasteiger charge is -2.16. The first-order valence-electron chi connectivity index (χ1n) is 8.70. The zero-order chi connectivity index (χ0) is 20.0. The smallest absolute Gasteiger partial charge is 0.324 e. The number of carbonyl (C=O) groups excluding carboxylic acids is 1. The lowest BCUT2D eigenvalue weighted by Crippen LogP contribution is -2.43. The highest BCUT2D eigenvalue weighted by Gasteiger charge is 2.26. The van der Waals surface area contributed by atoms with Crippen molar-refractivity contribution in [2.24, 2.45) is 0 Å². The third-order valence-corrected chi connectivity index (χ3v) is 6.79. The minimum absolute atomic E-state index is 0.119. The summed E-state index contributed by atoms with van der Waals surface area (Å²) in [6.07, 6.45) is 0. The normalized spacial score (nSPS) is 12.6. The van der Waals surface area contributed by atoms with Crippen LogP contribution in [0.2, 0.25) is 0 Å². The Bertz CT molecular complexity index is 1050. The summed E-state index contributed by atoms with van der Waals surface area (Å²) in [5.41, 5.74) is 1.11. The Hall–Kier alpha value is -2.35. The number of sulfonamides is 1. The fraction of sp³-hybridized carbons (Fsp3) is 0.190. The molecule has 0 saturated heterocycles. The van der Waals surface area contributed by atoms with Gasteiger partial charge in [0.15, 0.2) is 0 Å². The molecule has 1 unspecified atom stereocenters. The van der Waals surface area contributed by atoms with E-state index in [1.54, 1.807) is 12.1 Å². The molecule has 0 aliphatic heterocycles. The van der Waals surface area contributed by atoms with Gasteiger partial charge >= 0.3 is 5.97 Å². The van der Waals surface area contributed by atoms with Gasteiger partial charge in [0, 0.05) is 11.5 Å². The van der Waals surface area contributed by atoms with Crippen LogP contribution in [0.15, 0.2) is 77.7 Å². The van der Waals surface area contributed by atoms with Gasteiger partial charge in [-0.3, -0.25) is 4.79 Å². The van der Waals surface area contributed by atoms with Crippen LogP contribution < -0.4 is 4.72 Å².